The Labute approximate surface area is 105 Å². The van der Waals surface area contributed by atoms with Crippen LogP contribution in [0.5, 0.6) is 0 Å². The fourth-order valence-corrected chi connectivity index (χ4v) is 2.07. The third-order valence-corrected chi connectivity index (χ3v) is 3.19. The normalized spacial score (nSPS) is 15.1. The Morgan fingerprint density at radius 2 is 2.29 bits per heavy atom. The number of hydrogen-bond acceptors (Lipinski definition) is 2. The minimum absolute atomic E-state index is 0.694. The van der Waals surface area contributed by atoms with Gasteiger partial charge in [0.2, 0.25) is 0 Å². The zero-order valence-corrected chi connectivity index (χ0v) is 10.2. The van der Waals surface area contributed by atoms with E-state index in [2.05, 4.69) is 10.4 Å². The van der Waals surface area contributed by atoms with Crippen LogP contribution in [0, 0.1) is 0 Å². The summed E-state index contributed by atoms with van der Waals surface area (Å²) < 4.78 is 1.88. The summed E-state index contributed by atoms with van der Waals surface area (Å²) in [5, 5.41) is 8.54. The predicted molar refractivity (Wildman–Crippen MR) is 68.4 cm³/mol. The Bertz CT molecular complexity index is 503. The van der Waals surface area contributed by atoms with E-state index in [4.69, 9.17) is 11.6 Å². The number of nitrogens with zero attached hydrogens (tertiary/aromatic N) is 2. The minimum atomic E-state index is 0.694. The fraction of sp³-hybridized carbons (Fsp3) is 0.308. The second-order valence-electron chi connectivity index (χ2n) is 4.38. The molecule has 88 valence electrons. The molecule has 0 amide bonds. The minimum Gasteiger partial charge on any atom is -0.310 e. The standard InChI is InChI=1S/C13H14ClN3/c14-11-2-5-13(17-7-1-6-16-17)10(8-11)9-15-12-3-4-12/h1-2,5-8,12,15H,3-4,9H2. The van der Waals surface area contributed by atoms with Gasteiger partial charge >= 0.3 is 0 Å². The van der Waals surface area contributed by atoms with Gasteiger partial charge in [0.1, 0.15) is 0 Å². The van der Waals surface area contributed by atoms with Crippen LogP contribution in [0.2, 0.25) is 5.02 Å². The van der Waals surface area contributed by atoms with Crippen LogP contribution < -0.4 is 5.32 Å². The average Bonchev–Trinajstić information content (AvgIpc) is 3.00. The first-order valence-electron chi connectivity index (χ1n) is 5.85. The molecule has 0 saturated heterocycles. The van der Waals surface area contributed by atoms with E-state index in [0.29, 0.717) is 6.04 Å². The van der Waals surface area contributed by atoms with E-state index in [0.717, 1.165) is 17.3 Å². The van der Waals surface area contributed by atoms with Crippen LogP contribution >= 0.6 is 11.6 Å². The van der Waals surface area contributed by atoms with E-state index in [1.807, 2.05) is 35.1 Å². The number of hydrogen-bond donors (Lipinski definition) is 1. The van der Waals surface area contributed by atoms with E-state index >= 15 is 0 Å². The summed E-state index contributed by atoms with van der Waals surface area (Å²) in [5.41, 5.74) is 2.28. The molecule has 2 aromatic rings. The number of aromatic nitrogens is 2. The molecule has 0 spiro atoms. The van der Waals surface area contributed by atoms with Gasteiger partial charge in [-0.1, -0.05) is 11.6 Å². The molecule has 0 atom stereocenters. The van der Waals surface area contributed by atoms with Crippen molar-refractivity contribution in [3.05, 3.63) is 47.2 Å². The van der Waals surface area contributed by atoms with Crippen LogP contribution in [0.4, 0.5) is 0 Å². The van der Waals surface area contributed by atoms with Gasteiger partial charge in [-0.3, -0.25) is 0 Å². The highest BCUT2D eigenvalue weighted by atomic mass is 35.5. The second kappa shape index (κ2) is 4.51. The lowest BCUT2D eigenvalue weighted by Crippen LogP contribution is -2.17. The van der Waals surface area contributed by atoms with E-state index in [1.54, 1.807) is 6.20 Å². The first kappa shape index (κ1) is 10.8. The molecule has 0 radical (unpaired) electrons. The van der Waals surface area contributed by atoms with Gasteiger partial charge in [0, 0.05) is 30.0 Å². The third-order valence-electron chi connectivity index (χ3n) is 2.95. The van der Waals surface area contributed by atoms with E-state index < -0.39 is 0 Å². The summed E-state index contributed by atoms with van der Waals surface area (Å²) in [7, 11) is 0. The predicted octanol–water partition coefficient (Wildman–Crippen LogP) is 2.78. The summed E-state index contributed by atoms with van der Waals surface area (Å²) >= 11 is 6.05. The van der Waals surface area contributed by atoms with Gasteiger partial charge in [-0.2, -0.15) is 5.10 Å². The van der Waals surface area contributed by atoms with Gasteiger partial charge in [-0.05, 0) is 42.7 Å². The van der Waals surface area contributed by atoms with Crippen molar-refractivity contribution in [2.24, 2.45) is 0 Å². The maximum atomic E-state index is 6.05. The van der Waals surface area contributed by atoms with Gasteiger partial charge in [0.25, 0.3) is 0 Å². The number of halogens is 1. The van der Waals surface area contributed by atoms with Crippen LogP contribution in [0.3, 0.4) is 0 Å². The molecule has 0 bridgehead atoms. The van der Waals surface area contributed by atoms with Gasteiger partial charge in [-0.15, -0.1) is 0 Å². The van der Waals surface area contributed by atoms with E-state index in [1.165, 1.54) is 18.4 Å². The average molecular weight is 248 g/mol. The molecule has 1 aromatic carbocycles. The molecule has 1 aromatic heterocycles. The van der Waals surface area contributed by atoms with Crippen molar-refractivity contribution in [2.45, 2.75) is 25.4 Å². The molecule has 1 saturated carbocycles. The van der Waals surface area contributed by atoms with Crippen molar-refractivity contribution in [1.82, 2.24) is 15.1 Å². The van der Waals surface area contributed by atoms with E-state index in [9.17, 15) is 0 Å². The highest BCUT2D eigenvalue weighted by molar-refractivity contribution is 6.30. The summed E-state index contributed by atoms with van der Waals surface area (Å²) in [6, 6.07) is 8.54. The van der Waals surface area contributed by atoms with Crippen molar-refractivity contribution in [3.63, 3.8) is 0 Å². The molecule has 0 aliphatic heterocycles. The molecule has 3 nitrogen and oxygen atoms in total. The molecule has 1 N–H and O–H groups in total. The topological polar surface area (TPSA) is 29.9 Å². The zero-order chi connectivity index (χ0) is 11.7. The lowest BCUT2D eigenvalue weighted by molar-refractivity contribution is 0.681. The highest BCUT2D eigenvalue weighted by Crippen LogP contribution is 2.22. The SMILES string of the molecule is Clc1ccc(-n2cccn2)c(CNC2CC2)c1. The zero-order valence-electron chi connectivity index (χ0n) is 9.44. The Hall–Kier alpha value is -1.32. The Kier molecular flexibility index (Phi) is 2.87. The first-order valence-corrected chi connectivity index (χ1v) is 6.22. The lowest BCUT2D eigenvalue weighted by atomic mass is 10.1. The number of rotatable bonds is 4. The van der Waals surface area contributed by atoms with Gasteiger partial charge in [0.15, 0.2) is 0 Å². The number of benzene rings is 1. The van der Waals surface area contributed by atoms with Crippen molar-refractivity contribution in [1.29, 1.82) is 0 Å². The highest BCUT2D eigenvalue weighted by Gasteiger charge is 2.20. The molecular formula is C13H14ClN3. The van der Waals surface area contributed by atoms with Crippen molar-refractivity contribution in [2.75, 3.05) is 0 Å². The van der Waals surface area contributed by atoms with Crippen LogP contribution in [0.15, 0.2) is 36.7 Å². The molecule has 1 aliphatic carbocycles. The molecule has 1 aliphatic rings. The lowest BCUT2D eigenvalue weighted by Gasteiger charge is -2.10. The Morgan fingerprint density at radius 1 is 1.41 bits per heavy atom. The molecule has 1 fully saturated rings. The molecule has 3 rings (SSSR count). The second-order valence-corrected chi connectivity index (χ2v) is 4.82. The monoisotopic (exact) mass is 247 g/mol. The van der Waals surface area contributed by atoms with Gasteiger partial charge < -0.3 is 5.32 Å². The van der Waals surface area contributed by atoms with Crippen LogP contribution in [0.25, 0.3) is 5.69 Å². The molecule has 17 heavy (non-hydrogen) atoms. The maximum Gasteiger partial charge on any atom is 0.0691 e. The molecule has 0 unspecified atom stereocenters. The molecule has 4 heteroatoms. The van der Waals surface area contributed by atoms with Crippen molar-refractivity contribution < 1.29 is 0 Å². The Balaban J connectivity index is 1.89. The number of nitrogens with one attached hydrogen (secondary N) is 1. The third kappa shape index (κ3) is 2.51. The van der Waals surface area contributed by atoms with Crippen molar-refractivity contribution >= 4 is 11.6 Å². The maximum absolute atomic E-state index is 6.05. The van der Waals surface area contributed by atoms with Gasteiger partial charge in [0.05, 0.1) is 5.69 Å². The van der Waals surface area contributed by atoms with E-state index in [-0.39, 0.29) is 0 Å². The summed E-state index contributed by atoms with van der Waals surface area (Å²) in [5.74, 6) is 0. The smallest absolute Gasteiger partial charge is 0.0691 e. The summed E-state index contributed by atoms with van der Waals surface area (Å²) in [4.78, 5) is 0. The van der Waals surface area contributed by atoms with Crippen LogP contribution in [-0.2, 0) is 6.54 Å². The van der Waals surface area contributed by atoms with Crippen LogP contribution in [0.1, 0.15) is 18.4 Å². The van der Waals surface area contributed by atoms with Crippen LogP contribution in [-0.4, -0.2) is 15.8 Å². The summed E-state index contributed by atoms with van der Waals surface area (Å²) in [6.45, 7) is 0.848. The van der Waals surface area contributed by atoms with Gasteiger partial charge in [-0.25, -0.2) is 4.68 Å². The first-order chi connectivity index (χ1) is 8.33. The molecular weight excluding hydrogens is 234 g/mol. The Morgan fingerprint density at radius 3 is 3.00 bits per heavy atom. The molecule has 1 heterocycles. The van der Waals surface area contributed by atoms with Crippen molar-refractivity contribution in [3.8, 4) is 5.69 Å². The largest absolute Gasteiger partial charge is 0.310 e. The fourth-order valence-electron chi connectivity index (χ4n) is 1.87. The quantitative estimate of drug-likeness (QED) is 0.901. The summed E-state index contributed by atoms with van der Waals surface area (Å²) in [6.07, 6.45) is 6.31.